The molecule has 10 heavy (non-hydrogen) atoms. The molecule has 0 atom stereocenters. The SMILES string of the molecule is [CH2+]c1cc(C)c(C)cc1C. The van der Waals surface area contributed by atoms with Gasteiger partial charge in [-0.25, -0.2) is 0 Å². The standard InChI is InChI=1S/C10H13/c1-7-5-9(3)10(4)6-8(7)2/h5-6H,1H2,2-4H3/q+1. The minimum atomic E-state index is 1.14. The van der Waals surface area contributed by atoms with Crippen LogP contribution in [0.2, 0.25) is 0 Å². The number of rotatable bonds is 0. The lowest BCUT2D eigenvalue weighted by Gasteiger charge is -1.96. The van der Waals surface area contributed by atoms with Crippen LogP contribution in [0.3, 0.4) is 0 Å². The predicted octanol–water partition coefficient (Wildman–Crippen LogP) is 2.79. The van der Waals surface area contributed by atoms with Crippen molar-refractivity contribution < 1.29 is 0 Å². The predicted molar refractivity (Wildman–Crippen MR) is 45.1 cm³/mol. The maximum atomic E-state index is 3.92. The number of aryl methyl sites for hydroxylation is 3. The Labute approximate surface area is 62.9 Å². The van der Waals surface area contributed by atoms with E-state index in [0.29, 0.717) is 0 Å². The van der Waals surface area contributed by atoms with Gasteiger partial charge in [0.15, 0.2) is 0 Å². The van der Waals surface area contributed by atoms with Crippen molar-refractivity contribution in [3.05, 3.63) is 41.3 Å². The van der Waals surface area contributed by atoms with Crippen LogP contribution in [-0.4, -0.2) is 0 Å². The first kappa shape index (κ1) is 7.20. The van der Waals surface area contributed by atoms with Crippen molar-refractivity contribution >= 4 is 0 Å². The first-order chi connectivity index (χ1) is 4.61. The zero-order valence-electron chi connectivity index (χ0n) is 6.86. The van der Waals surface area contributed by atoms with Gasteiger partial charge < -0.3 is 0 Å². The number of hydrogen-bond acceptors (Lipinski definition) is 0. The maximum absolute atomic E-state index is 3.92. The topological polar surface area (TPSA) is 0 Å². The van der Waals surface area contributed by atoms with Crippen molar-refractivity contribution in [2.24, 2.45) is 0 Å². The summed E-state index contributed by atoms with van der Waals surface area (Å²) in [5, 5.41) is 0. The molecule has 1 aromatic rings. The molecule has 0 bridgehead atoms. The molecule has 0 aromatic heterocycles. The van der Waals surface area contributed by atoms with Crippen LogP contribution < -0.4 is 0 Å². The Kier molecular flexibility index (Phi) is 1.71. The van der Waals surface area contributed by atoms with Crippen LogP contribution in [0.5, 0.6) is 0 Å². The average Bonchev–Trinajstić information content (AvgIpc) is 1.84. The third-order valence-electron chi connectivity index (χ3n) is 1.95. The lowest BCUT2D eigenvalue weighted by atomic mass is 10.0. The van der Waals surface area contributed by atoms with Crippen molar-refractivity contribution in [3.8, 4) is 0 Å². The molecular weight excluding hydrogens is 120 g/mol. The van der Waals surface area contributed by atoms with Crippen molar-refractivity contribution in [1.82, 2.24) is 0 Å². The van der Waals surface area contributed by atoms with Crippen LogP contribution in [0.15, 0.2) is 12.1 Å². The summed E-state index contributed by atoms with van der Waals surface area (Å²) in [5.41, 5.74) is 5.10. The van der Waals surface area contributed by atoms with Gasteiger partial charge in [0.05, 0.1) is 5.56 Å². The van der Waals surface area contributed by atoms with Gasteiger partial charge in [-0.05, 0) is 19.4 Å². The summed E-state index contributed by atoms with van der Waals surface area (Å²) in [4.78, 5) is 0. The number of benzene rings is 1. The second-order valence-corrected chi connectivity index (χ2v) is 2.86. The fourth-order valence-electron chi connectivity index (χ4n) is 1.02. The van der Waals surface area contributed by atoms with Gasteiger partial charge in [-0.2, -0.15) is 0 Å². The molecule has 0 saturated heterocycles. The molecule has 52 valence electrons. The molecule has 0 fully saturated rings. The first-order valence-corrected chi connectivity index (χ1v) is 3.51. The van der Waals surface area contributed by atoms with Crippen molar-refractivity contribution in [2.75, 3.05) is 0 Å². The minimum Gasteiger partial charge on any atom is -0.0372 e. The monoisotopic (exact) mass is 133 g/mol. The molecule has 1 rings (SSSR count). The van der Waals surface area contributed by atoms with E-state index in [4.69, 9.17) is 0 Å². The van der Waals surface area contributed by atoms with Crippen LogP contribution in [0.25, 0.3) is 0 Å². The molecule has 0 heteroatoms. The Hall–Kier alpha value is -0.910. The Balaban J connectivity index is 3.28. The Morgan fingerprint density at radius 1 is 0.900 bits per heavy atom. The van der Waals surface area contributed by atoms with Crippen molar-refractivity contribution in [3.63, 3.8) is 0 Å². The largest absolute Gasteiger partial charge is 0.129 e. The molecule has 0 aliphatic rings. The fraction of sp³-hybridized carbons (Fsp3) is 0.300. The van der Waals surface area contributed by atoms with E-state index in [-0.39, 0.29) is 0 Å². The molecule has 0 amide bonds. The van der Waals surface area contributed by atoms with E-state index >= 15 is 0 Å². The van der Waals surface area contributed by atoms with Gasteiger partial charge in [0.25, 0.3) is 0 Å². The van der Waals surface area contributed by atoms with Gasteiger partial charge >= 0.3 is 0 Å². The highest BCUT2D eigenvalue weighted by molar-refractivity contribution is 5.37. The lowest BCUT2D eigenvalue weighted by Crippen LogP contribution is -1.86. The fourth-order valence-corrected chi connectivity index (χ4v) is 1.02. The summed E-state index contributed by atoms with van der Waals surface area (Å²) in [6.07, 6.45) is 0. The zero-order valence-corrected chi connectivity index (χ0v) is 6.86. The van der Waals surface area contributed by atoms with E-state index in [1.807, 2.05) is 0 Å². The molecule has 0 nitrogen and oxygen atoms in total. The van der Waals surface area contributed by atoms with E-state index in [1.54, 1.807) is 0 Å². The summed E-state index contributed by atoms with van der Waals surface area (Å²) >= 11 is 0. The third-order valence-corrected chi connectivity index (χ3v) is 1.95. The van der Waals surface area contributed by atoms with Crippen molar-refractivity contribution in [1.29, 1.82) is 0 Å². The molecule has 0 N–H and O–H groups in total. The molecule has 0 aliphatic heterocycles. The molecule has 0 spiro atoms. The van der Waals surface area contributed by atoms with Gasteiger partial charge in [-0.3, -0.25) is 0 Å². The molecular formula is C10H13+. The third kappa shape index (κ3) is 1.15. The normalized spacial score (nSPS) is 9.90. The molecule has 0 unspecified atom stereocenters. The number of hydrogen-bond donors (Lipinski definition) is 0. The highest BCUT2D eigenvalue weighted by Crippen LogP contribution is 2.13. The van der Waals surface area contributed by atoms with Gasteiger partial charge in [-0.15, -0.1) is 0 Å². The second-order valence-electron chi connectivity index (χ2n) is 2.86. The molecule has 0 aliphatic carbocycles. The smallest absolute Gasteiger partial charge is 0.0372 e. The summed E-state index contributed by atoms with van der Waals surface area (Å²) in [6.45, 7) is 10.3. The highest BCUT2D eigenvalue weighted by Gasteiger charge is 2.03. The molecule has 1 aromatic carbocycles. The van der Waals surface area contributed by atoms with E-state index < -0.39 is 0 Å². The second kappa shape index (κ2) is 2.37. The van der Waals surface area contributed by atoms with E-state index in [1.165, 1.54) is 16.7 Å². The lowest BCUT2D eigenvalue weighted by molar-refractivity contribution is 1.28. The maximum Gasteiger partial charge on any atom is 0.129 e. The van der Waals surface area contributed by atoms with Crippen LogP contribution >= 0.6 is 0 Å². The summed E-state index contributed by atoms with van der Waals surface area (Å²) in [6, 6.07) is 4.31. The zero-order chi connectivity index (χ0) is 7.72. The molecule has 0 radical (unpaired) electrons. The van der Waals surface area contributed by atoms with E-state index in [9.17, 15) is 0 Å². The van der Waals surface area contributed by atoms with Crippen LogP contribution in [0.4, 0.5) is 0 Å². The summed E-state index contributed by atoms with van der Waals surface area (Å²) in [7, 11) is 0. The van der Waals surface area contributed by atoms with Gasteiger partial charge in [0.1, 0.15) is 5.56 Å². The minimum absolute atomic E-state index is 1.14. The molecule has 0 heterocycles. The summed E-state index contributed by atoms with van der Waals surface area (Å²) < 4.78 is 0. The van der Waals surface area contributed by atoms with Gasteiger partial charge in [0.2, 0.25) is 0 Å². The van der Waals surface area contributed by atoms with Crippen LogP contribution in [0, 0.1) is 27.7 Å². The van der Waals surface area contributed by atoms with E-state index in [2.05, 4.69) is 39.8 Å². The van der Waals surface area contributed by atoms with Crippen molar-refractivity contribution in [2.45, 2.75) is 20.8 Å². The van der Waals surface area contributed by atoms with Gasteiger partial charge in [-0.1, -0.05) is 0 Å². The highest BCUT2D eigenvalue weighted by atomic mass is 14.0. The first-order valence-electron chi connectivity index (χ1n) is 3.51. The Morgan fingerprint density at radius 3 is 1.90 bits per heavy atom. The summed E-state index contributed by atoms with van der Waals surface area (Å²) in [5.74, 6) is 0. The Bertz CT molecular complexity index is 196. The average molecular weight is 133 g/mol. The van der Waals surface area contributed by atoms with E-state index in [0.717, 1.165) is 5.56 Å². The van der Waals surface area contributed by atoms with Gasteiger partial charge in [0, 0.05) is 31.5 Å². The molecule has 0 saturated carbocycles. The quantitative estimate of drug-likeness (QED) is 0.477. The Morgan fingerprint density at radius 2 is 1.40 bits per heavy atom. The van der Waals surface area contributed by atoms with Crippen LogP contribution in [0.1, 0.15) is 22.3 Å². The van der Waals surface area contributed by atoms with Crippen LogP contribution in [-0.2, 0) is 0 Å².